The van der Waals surface area contributed by atoms with Crippen molar-refractivity contribution in [2.45, 2.75) is 32.1 Å². The quantitative estimate of drug-likeness (QED) is 0.408. The van der Waals surface area contributed by atoms with Crippen LogP contribution in [0.25, 0.3) is 0 Å². The summed E-state index contributed by atoms with van der Waals surface area (Å²) >= 11 is 0. The molecule has 0 spiro atoms. The summed E-state index contributed by atoms with van der Waals surface area (Å²) in [4.78, 5) is 10.6. The first-order valence-corrected chi connectivity index (χ1v) is 3.91. The molecule has 12 heavy (non-hydrogen) atoms. The lowest BCUT2D eigenvalue weighted by atomic mass is 10.2. The van der Waals surface area contributed by atoms with Crippen LogP contribution in [0.3, 0.4) is 0 Å². The van der Waals surface area contributed by atoms with Crippen LogP contribution in [0.15, 0.2) is 12.7 Å². The molecule has 0 aromatic carbocycles. The van der Waals surface area contributed by atoms with Crippen molar-refractivity contribution in [3.05, 3.63) is 12.7 Å². The maximum absolute atomic E-state index is 10.6. The van der Waals surface area contributed by atoms with E-state index in [4.69, 9.17) is 10.2 Å². The molecule has 0 heterocycles. The highest BCUT2D eigenvalue weighted by Gasteiger charge is 2.22. The van der Waals surface area contributed by atoms with E-state index in [-0.39, 0.29) is 6.42 Å². The van der Waals surface area contributed by atoms with Gasteiger partial charge < -0.3 is 15.5 Å². The standard InChI is InChI=1S/C8H15NO3/c1-3-5-6-8(11,12)9-7(10)4-2/h4,11-12H,2-3,5-6H2,1H3,(H,9,10). The van der Waals surface area contributed by atoms with E-state index in [9.17, 15) is 4.79 Å². The van der Waals surface area contributed by atoms with Gasteiger partial charge in [-0.3, -0.25) is 4.79 Å². The second-order valence-corrected chi connectivity index (χ2v) is 2.61. The maximum atomic E-state index is 10.6. The second-order valence-electron chi connectivity index (χ2n) is 2.61. The van der Waals surface area contributed by atoms with Crippen LogP contribution in [-0.4, -0.2) is 22.0 Å². The monoisotopic (exact) mass is 173 g/mol. The van der Waals surface area contributed by atoms with Crippen molar-refractivity contribution in [2.24, 2.45) is 0 Å². The summed E-state index contributed by atoms with van der Waals surface area (Å²) in [7, 11) is 0. The van der Waals surface area contributed by atoms with Crippen molar-refractivity contribution in [3.8, 4) is 0 Å². The van der Waals surface area contributed by atoms with Crippen LogP contribution in [-0.2, 0) is 4.79 Å². The Hall–Kier alpha value is -0.870. The third kappa shape index (κ3) is 4.87. The van der Waals surface area contributed by atoms with Crippen molar-refractivity contribution >= 4 is 5.91 Å². The summed E-state index contributed by atoms with van der Waals surface area (Å²) in [5, 5.41) is 20.2. The van der Waals surface area contributed by atoms with E-state index in [0.717, 1.165) is 12.5 Å². The molecule has 70 valence electrons. The molecule has 0 aliphatic carbocycles. The summed E-state index contributed by atoms with van der Waals surface area (Å²) in [6.45, 7) is 5.11. The summed E-state index contributed by atoms with van der Waals surface area (Å²) in [6, 6.07) is 0. The number of nitrogens with one attached hydrogen (secondary N) is 1. The predicted molar refractivity (Wildman–Crippen MR) is 45.0 cm³/mol. The molecule has 3 N–H and O–H groups in total. The topological polar surface area (TPSA) is 69.6 Å². The third-order valence-corrected chi connectivity index (χ3v) is 1.39. The molecule has 0 radical (unpaired) electrons. The van der Waals surface area contributed by atoms with Crippen molar-refractivity contribution in [1.29, 1.82) is 0 Å². The Balaban J connectivity index is 3.85. The Morgan fingerprint density at radius 1 is 1.67 bits per heavy atom. The highest BCUT2D eigenvalue weighted by Crippen LogP contribution is 2.06. The molecule has 0 aromatic heterocycles. The van der Waals surface area contributed by atoms with Gasteiger partial charge in [0.1, 0.15) is 0 Å². The number of rotatable bonds is 5. The smallest absolute Gasteiger partial charge is 0.247 e. The minimum atomic E-state index is -2.10. The minimum Gasteiger partial charge on any atom is -0.349 e. The summed E-state index contributed by atoms with van der Waals surface area (Å²) < 4.78 is 0. The molecular weight excluding hydrogens is 158 g/mol. The van der Waals surface area contributed by atoms with Crippen molar-refractivity contribution in [2.75, 3.05) is 0 Å². The zero-order valence-corrected chi connectivity index (χ0v) is 7.21. The lowest BCUT2D eigenvalue weighted by molar-refractivity contribution is -0.192. The van der Waals surface area contributed by atoms with Crippen LogP contribution in [0.5, 0.6) is 0 Å². The largest absolute Gasteiger partial charge is 0.349 e. The fourth-order valence-corrected chi connectivity index (χ4v) is 0.734. The summed E-state index contributed by atoms with van der Waals surface area (Å²) in [6.07, 6.45) is 2.60. The van der Waals surface area contributed by atoms with E-state index in [2.05, 4.69) is 6.58 Å². The molecule has 0 bridgehead atoms. The summed E-state index contributed by atoms with van der Waals surface area (Å²) in [5.74, 6) is -2.68. The molecule has 0 unspecified atom stereocenters. The fraction of sp³-hybridized carbons (Fsp3) is 0.625. The van der Waals surface area contributed by atoms with Crippen LogP contribution in [0.4, 0.5) is 0 Å². The van der Waals surface area contributed by atoms with Gasteiger partial charge in [0.05, 0.1) is 0 Å². The molecule has 0 aliphatic heterocycles. The highest BCUT2D eigenvalue weighted by molar-refractivity contribution is 5.87. The van der Waals surface area contributed by atoms with Crippen molar-refractivity contribution in [1.82, 2.24) is 5.32 Å². The number of hydrogen-bond acceptors (Lipinski definition) is 3. The Morgan fingerprint density at radius 3 is 2.67 bits per heavy atom. The SMILES string of the molecule is C=CC(=O)NC(O)(O)CCCC. The second kappa shape index (κ2) is 4.90. The Labute approximate surface area is 71.9 Å². The maximum Gasteiger partial charge on any atom is 0.247 e. The third-order valence-electron chi connectivity index (χ3n) is 1.39. The van der Waals surface area contributed by atoms with E-state index >= 15 is 0 Å². The lowest BCUT2D eigenvalue weighted by Crippen LogP contribution is -2.47. The molecule has 0 aliphatic rings. The minimum absolute atomic E-state index is 0.128. The molecule has 0 aromatic rings. The van der Waals surface area contributed by atoms with Gasteiger partial charge in [0.2, 0.25) is 11.8 Å². The van der Waals surface area contributed by atoms with Crippen LogP contribution in [0, 0.1) is 0 Å². The summed E-state index contributed by atoms with van der Waals surface area (Å²) in [5.41, 5.74) is 0. The van der Waals surface area contributed by atoms with E-state index in [1.54, 1.807) is 0 Å². The normalized spacial score (nSPS) is 10.9. The van der Waals surface area contributed by atoms with Gasteiger partial charge in [-0.2, -0.15) is 0 Å². The zero-order chi connectivity index (χ0) is 9.61. The Kier molecular flexibility index (Phi) is 4.54. The molecule has 4 nitrogen and oxygen atoms in total. The van der Waals surface area contributed by atoms with Gasteiger partial charge in [0.15, 0.2) is 0 Å². The first-order valence-electron chi connectivity index (χ1n) is 3.91. The molecular formula is C8H15NO3. The van der Waals surface area contributed by atoms with E-state index < -0.39 is 11.8 Å². The van der Waals surface area contributed by atoms with Gasteiger partial charge in [-0.05, 0) is 12.5 Å². The van der Waals surface area contributed by atoms with Gasteiger partial charge in [-0.25, -0.2) is 0 Å². The van der Waals surface area contributed by atoms with Crippen LogP contribution in [0.2, 0.25) is 0 Å². The van der Waals surface area contributed by atoms with E-state index in [1.165, 1.54) is 0 Å². The average Bonchev–Trinajstić information content (AvgIpc) is 2.00. The van der Waals surface area contributed by atoms with E-state index in [1.807, 2.05) is 12.2 Å². The average molecular weight is 173 g/mol. The Bertz CT molecular complexity index is 166. The van der Waals surface area contributed by atoms with Gasteiger partial charge >= 0.3 is 0 Å². The number of unbranched alkanes of at least 4 members (excludes halogenated alkanes) is 1. The zero-order valence-electron chi connectivity index (χ0n) is 7.21. The lowest BCUT2D eigenvalue weighted by Gasteiger charge is -2.21. The van der Waals surface area contributed by atoms with Gasteiger partial charge in [-0.1, -0.05) is 19.9 Å². The number of hydrogen-bond donors (Lipinski definition) is 3. The van der Waals surface area contributed by atoms with Crippen LogP contribution >= 0.6 is 0 Å². The molecule has 4 heteroatoms. The number of amides is 1. The highest BCUT2D eigenvalue weighted by atomic mass is 16.5. The van der Waals surface area contributed by atoms with Crippen molar-refractivity contribution in [3.63, 3.8) is 0 Å². The number of carbonyl (C=O) groups is 1. The van der Waals surface area contributed by atoms with Crippen molar-refractivity contribution < 1.29 is 15.0 Å². The molecule has 0 atom stereocenters. The molecule has 0 saturated carbocycles. The molecule has 0 rings (SSSR count). The number of aliphatic hydroxyl groups is 2. The van der Waals surface area contributed by atoms with Gasteiger partial charge in [0.25, 0.3) is 0 Å². The van der Waals surface area contributed by atoms with E-state index in [0.29, 0.717) is 6.42 Å². The van der Waals surface area contributed by atoms with Gasteiger partial charge in [-0.15, -0.1) is 0 Å². The van der Waals surface area contributed by atoms with Crippen LogP contribution in [0.1, 0.15) is 26.2 Å². The van der Waals surface area contributed by atoms with Gasteiger partial charge in [0, 0.05) is 6.42 Å². The fourth-order valence-electron chi connectivity index (χ4n) is 0.734. The molecule has 0 fully saturated rings. The number of carbonyl (C=O) groups excluding carboxylic acids is 1. The first kappa shape index (κ1) is 11.1. The van der Waals surface area contributed by atoms with Crippen LogP contribution < -0.4 is 5.32 Å². The first-order chi connectivity index (χ1) is 5.52. The molecule has 0 saturated heterocycles. The predicted octanol–water partition coefficient (Wildman–Crippen LogP) is 0.117. The Morgan fingerprint density at radius 2 is 2.25 bits per heavy atom. The molecule has 1 amide bonds.